The Bertz CT molecular complexity index is 306. The van der Waals surface area contributed by atoms with Crippen LogP contribution in [0.4, 0.5) is 0 Å². The van der Waals surface area contributed by atoms with Gasteiger partial charge in [-0.25, -0.2) is 0 Å². The lowest BCUT2D eigenvalue weighted by atomic mass is 9.99. The third kappa shape index (κ3) is 3.22. The van der Waals surface area contributed by atoms with Crippen LogP contribution >= 0.6 is 30.0 Å². The average Bonchev–Trinajstić information content (AvgIpc) is 2.47. The van der Waals surface area contributed by atoms with Crippen molar-refractivity contribution >= 4 is 45.8 Å². The van der Waals surface area contributed by atoms with Gasteiger partial charge >= 0.3 is 0 Å². The molecule has 0 heterocycles. The van der Waals surface area contributed by atoms with Crippen LogP contribution in [0.3, 0.4) is 0 Å². The van der Waals surface area contributed by atoms with E-state index in [9.17, 15) is 0 Å². The summed E-state index contributed by atoms with van der Waals surface area (Å²) < 4.78 is 1.23. The summed E-state index contributed by atoms with van der Waals surface area (Å²) >= 11 is 13.9. The Labute approximate surface area is 127 Å². The summed E-state index contributed by atoms with van der Waals surface area (Å²) in [5, 5.41) is 0. The highest BCUT2D eigenvalue weighted by Crippen LogP contribution is 2.65. The van der Waals surface area contributed by atoms with E-state index in [1.54, 1.807) is 11.8 Å². The summed E-state index contributed by atoms with van der Waals surface area (Å²) in [4.78, 5) is 0. The minimum atomic E-state index is -1.43. The first-order chi connectivity index (χ1) is 8.69. The van der Waals surface area contributed by atoms with Gasteiger partial charge < -0.3 is 0 Å². The molecule has 2 fully saturated rings. The van der Waals surface area contributed by atoms with Crippen LogP contribution in [0.15, 0.2) is 0 Å². The minimum Gasteiger partial charge on any atom is -0.117 e. The average molecular weight is 321 g/mol. The highest BCUT2D eigenvalue weighted by molar-refractivity contribution is 8.46. The van der Waals surface area contributed by atoms with Crippen molar-refractivity contribution in [3.05, 3.63) is 0 Å². The van der Waals surface area contributed by atoms with Gasteiger partial charge in [-0.3, -0.25) is 0 Å². The van der Waals surface area contributed by atoms with Gasteiger partial charge in [-0.1, -0.05) is 62.5 Å². The van der Waals surface area contributed by atoms with Crippen molar-refractivity contribution in [2.45, 2.75) is 75.5 Å². The molecule has 0 bridgehead atoms. The molecule has 2 aliphatic carbocycles. The van der Waals surface area contributed by atoms with Crippen molar-refractivity contribution in [1.29, 1.82) is 0 Å². The second kappa shape index (κ2) is 7.20. The van der Waals surface area contributed by atoms with E-state index in [1.807, 2.05) is 0 Å². The molecule has 18 heavy (non-hydrogen) atoms. The van der Waals surface area contributed by atoms with Crippen molar-refractivity contribution in [2.75, 3.05) is 6.26 Å². The van der Waals surface area contributed by atoms with Gasteiger partial charge in [0.15, 0.2) is 0 Å². The Morgan fingerprint density at radius 1 is 0.889 bits per heavy atom. The summed E-state index contributed by atoms with van der Waals surface area (Å²) in [7, 11) is 0. The van der Waals surface area contributed by atoms with Crippen LogP contribution in [0.5, 0.6) is 0 Å². The molecule has 0 aromatic heterocycles. The molecule has 0 amide bonds. The van der Waals surface area contributed by atoms with Gasteiger partial charge in [-0.15, -0.1) is 11.8 Å². The smallest absolute Gasteiger partial charge is 0.0809 e. The zero-order chi connectivity index (χ0) is 13.0. The highest BCUT2D eigenvalue weighted by Gasteiger charge is 2.39. The van der Waals surface area contributed by atoms with Crippen molar-refractivity contribution in [1.82, 2.24) is 0 Å². The lowest BCUT2D eigenvalue weighted by molar-refractivity contribution is 0.487. The lowest BCUT2D eigenvalue weighted by Crippen LogP contribution is -2.26. The van der Waals surface area contributed by atoms with Gasteiger partial charge in [-0.05, 0) is 43.3 Å². The molecule has 0 saturated heterocycles. The number of rotatable bonds is 3. The molecule has 0 unspecified atom stereocenters. The summed E-state index contributed by atoms with van der Waals surface area (Å²) in [6.07, 6.45) is 16.0. The molecule has 0 radical (unpaired) electrons. The van der Waals surface area contributed by atoms with E-state index < -0.39 is 6.04 Å². The Balaban J connectivity index is 2.20. The first kappa shape index (κ1) is 15.5. The molecule has 0 aliphatic heterocycles. The van der Waals surface area contributed by atoms with Crippen LogP contribution in [-0.2, 0) is 11.8 Å². The Morgan fingerprint density at radius 3 is 1.61 bits per heavy atom. The summed E-state index contributed by atoms with van der Waals surface area (Å²) in [5.41, 5.74) is 1.59. The zero-order valence-electron chi connectivity index (χ0n) is 11.4. The SMILES string of the molecule is CSC(=S)P(=S)(C1CCCCC1)C1CCCCC1. The first-order valence-electron chi connectivity index (χ1n) is 7.37. The molecule has 2 rings (SSSR count). The standard InChI is InChI=1S/C14H25PS3/c1-18-14(16)15(17,12-8-4-2-5-9-12)13-10-6-3-7-11-13/h12-13H,2-11H2,1H3. The molecular weight excluding hydrogens is 295 g/mol. The normalized spacial score (nSPS) is 24.1. The predicted octanol–water partition coefficient (Wildman–Crippen LogP) is 5.78. The largest absolute Gasteiger partial charge is 0.117 e. The second-order valence-electron chi connectivity index (χ2n) is 5.76. The Hall–Kier alpha value is 1.09. The fourth-order valence-electron chi connectivity index (χ4n) is 3.67. The van der Waals surface area contributed by atoms with Crippen molar-refractivity contribution in [2.24, 2.45) is 0 Å². The maximum Gasteiger partial charge on any atom is 0.0809 e. The summed E-state index contributed by atoms with van der Waals surface area (Å²) in [6, 6.07) is -1.43. The summed E-state index contributed by atoms with van der Waals surface area (Å²) in [5.74, 6) is 0. The second-order valence-corrected chi connectivity index (χ2v) is 13.0. The Kier molecular flexibility index (Phi) is 6.19. The highest BCUT2D eigenvalue weighted by atomic mass is 32.4. The molecular formula is C14H25PS3. The molecule has 0 nitrogen and oxygen atoms in total. The van der Waals surface area contributed by atoms with E-state index >= 15 is 0 Å². The molecule has 104 valence electrons. The molecule has 2 aliphatic rings. The molecule has 0 atom stereocenters. The predicted molar refractivity (Wildman–Crippen MR) is 94.1 cm³/mol. The number of thioether (sulfide) groups is 1. The maximum absolute atomic E-state index is 6.31. The van der Waals surface area contributed by atoms with E-state index in [0.717, 1.165) is 11.3 Å². The van der Waals surface area contributed by atoms with Gasteiger partial charge in [0.25, 0.3) is 0 Å². The number of hydrogen-bond donors (Lipinski definition) is 0. The summed E-state index contributed by atoms with van der Waals surface area (Å²) in [6.45, 7) is 0. The van der Waals surface area contributed by atoms with Crippen LogP contribution < -0.4 is 0 Å². The van der Waals surface area contributed by atoms with Gasteiger partial charge in [0.05, 0.1) is 3.94 Å². The van der Waals surface area contributed by atoms with Gasteiger partial charge in [-0.2, -0.15) is 0 Å². The van der Waals surface area contributed by atoms with Gasteiger partial charge in [0.1, 0.15) is 0 Å². The van der Waals surface area contributed by atoms with Crippen LogP contribution in [-0.4, -0.2) is 21.5 Å². The Morgan fingerprint density at radius 2 is 1.28 bits per heavy atom. The molecule has 0 spiro atoms. The number of hydrogen-bond acceptors (Lipinski definition) is 3. The third-order valence-corrected chi connectivity index (χ3v) is 14.7. The number of thiocarbonyl (C=S) groups is 1. The van der Waals surface area contributed by atoms with E-state index in [2.05, 4.69) is 6.26 Å². The molecule has 2 saturated carbocycles. The van der Waals surface area contributed by atoms with E-state index in [-0.39, 0.29) is 0 Å². The van der Waals surface area contributed by atoms with E-state index in [4.69, 9.17) is 24.0 Å². The van der Waals surface area contributed by atoms with E-state index in [1.165, 1.54) is 68.1 Å². The molecule has 4 heteroatoms. The lowest BCUT2D eigenvalue weighted by Gasteiger charge is -2.41. The minimum absolute atomic E-state index is 0.796. The fraction of sp³-hybridized carbons (Fsp3) is 0.929. The van der Waals surface area contributed by atoms with E-state index in [0.29, 0.717) is 0 Å². The van der Waals surface area contributed by atoms with Gasteiger partial charge in [0.2, 0.25) is 0 Å². The fourth-order valence-corrected chi connectivity index (χ4v) is 12.0. The van der Waals surface area contributed by atoms with Crippen molar-refractivity contribution < 1.29 is 0 Å². The quantitative estimate of drug-likeness (QED) is 0.478. The molecule has 0 aromatic rings. The van der Waals surface area contributed by atoms with Gasteiger partial charge in [0, 0.05) is 6.04 Å². The van der Waals surface area contributed by atoms with Crippen molar-refractivity contribution in [3.8, 4) is 0 Å². The van der Waals surface area contributed by atoms with Crippen LogP contribution in [0.25, 0.3) is 0 Å². The van der Waals surface area contributed by atoms with Crippen LogP contribution in [0.2, 0.25) is 0 Å². The van der Waals surface area contributed by atoms with Crippen molar-refractivity contribution in [3.63, 3.8) is 0 Å². The first-order valence-corrected chi connectivity index (χ1v) is 11.9. The van der Waals surface area contributed by atoms with Crippen LogP contribution in [0, 0.1) is 0 Å². The molecule has 0 aromatic carbocycles. The zero-order valence-corrected chi connectivity index (χ0v) is 14.7. The third-order valence-electron chi connectivity index (χ3n) is 4.69. The topological polar surface area (TPSA) is 0 Å². The molecule has 0 N–H and O–H groups in total. The maximum atomic E-state index is 6.31. The monoisotopic (exact) mass is 320 g/mol. The van der Waals surface area contributed by atoms with Crippen LogP contribution in [0.1, 0.15) is 64.2 Å².